The third kappa shape index (κ3) is 6.12. The van der Waals surface area contributed by atoms with Crippen molar-refractivity contribution in [2.45, 2.75) is 61.0 Å². The minimum atomic E-state index is -3.54. The number of rotatable bonds is 8. The Morgan fingerprint density at radius 3 is 2.12 bits per heavy atom. The van der Waals surface area contributed by atoms with Crippen LogP contribution in [0.15, 0.2) is 181 Å². The molecule has 1 aromatic heterocycles. The van der Waals surface area contributed by atoms with Crippen molar-refractivity contribution < 1.29 is 23.4 Å². The number of nitrogens with one attached hydrogen (secondary N) is 1. The van der Waals surface area contributed by atoms with Gasteiger partial charge in [-0.05, 0) is 0 Å². The summed E-state index contributed by atoms with van der Waals surface area (Å²) in [4.78, 5) is 8.49. The number of alkyl halides is 2. The number of para-hydroxylation sites is 1. The monoisotopic (exact) mass is 947 g/mol. The predicted molar refractivity (Wildman–Crippen MR) is 259 cm³/mol. The fraction of sp³-hybridized carbons (Fsp3) is 0.224. The molecule has 2 aliphatic carbocycles. The van der Waals surface area contributed by atoms with Gasteiger partial charge in [-0.15, -0.1) is 0 Å². The van der Waals surface area contributed by atoms with Crippen molar-refractivity contribution in [2.24, 2.45) is 22.2 Å². The SMILES string of the molecule is CC(C)(C)/C(=C/N=C1N[I-]23Cc4c(cc(-c5ccccc5)cc4Oc4ccc5c6cc(-c7ccccc7)ccc6n1c5c42)C[C@H]1C3[C@@H]1N(Cc1ccccc1)c1ccccc1)C1CC1. The van der Waals surface area contributed by atoms with E-state index in [4.69, 9.17) is 9.73 Å². The van der Waals surface area contributed by atoms with Gasteiger partial charge in [0.15, 0.2) is 0 Å². The molecular weight excluding hydrogens is 896 g/mol. The van der Waals surface area contributed by atoms with Gasteiger partial charge in [0.2, 0.25) is 0 Å². The van der Waals surface area contributed by atoms with Crippen LogP contribution < -0.4 is 31.9 Å². The Kier molecular flexibility index (Phi) is 8.66. The third-order valence-electron chi connectivity index (χ3n) is 14.5. The van der Waals surface area contributed by atoms with E-state index in [0.717, 1.165) is 34.9 Å². The molecule has 2 unspecified atom stereocenters. The van der Waals surface area contributed by atoms with Crippen LogP contribution in [0.4, 0.5) is 5.69 Å². The summed E-state index contributed by atoms with van der Waals surface area (Å²) in [5.41, 5.74) is 14.3. The molecular formula is C58H52IN4O-. The molecule has 5 nitrogen and oxygen atoms in total. The molecule has 8 aromatic rings. The molecule has 7 aromatic carbocycles. The van der Waals surface area contributed by atoms with Crippen molar-refractivity contribution in [2.75, 3.05) is 4.90 Å². The van der Waals surface area contributed by atoms with Crippen LogP contribution in [0.5, 0.6) is 11.5 Å². The summed E-state index contributed by atoms with van der Waals surface area (Å²) in [5.74, 6) is 4.07. The molecule has 4 heterocycles. The third-order valence-corrected chi connectivity index (χ3v) is 25.0. The molecule has 0 amide bonds. The number of hydrogen-bond acceptors (Lipinski definition) is 3. The van der Waals surface area contributed by atoms with Crippen molar-refractivity contribution in [3.63, 3.8) is 0 Å². The van der Waals surface area contributed by atoms with E-state index >= 15 is 0 Å². The van der Waals surface area contributed by atoms with Gasteiger partial charge in [0.25, 0.3) is 0 Å². The standard InChI is InChI=1S/C58H52IN4O/c1-58(2,3)49(40-24-25-40)35-60-57-61-59-34-48-43(32-47-53(59)55(47)62(44-22-14-7-15-23-44)36-37-16-8-4-9-17-37)30-42(39-20-12-6-13-21-39)33-52(48)64-51-29-27-45-46-31-41(38-18-10-5-11-19-38)26-28-50(46)63(57)56(45)54(51)59/h4-23,26-31,33,35,40,47,53,55H,24-25,32,34,36H2,1-3H3,(H,60,61)/q-1/b49-35+/t47-,53?,55+/m0/s1. The first-order valence-corrected chi connectivity index (χ1v) is 28.0. The van der Waals surface area contributed by atoms with Crippen LogP contribution in [0.1, 0.15) is 50.3 Å². The Labute approximate surface area is 380 Å². The quantitative estimate of drug-likeness (QED) is 0.0938. The van der Waals surface area contributed by atoms with E-state index in [2.05, 4.69) is 204 Å². The van der Waals surface area contributed by atoms with E-state index in [1.165, 1.54) is 88.4 Å². The van der Waals surface area contributed by atoms with E-state index in [9.17, 15) is 0 Å². The zero-order valence-electron chi connectivity index (χ0n) is 36.6. The molecule has 5 aliphatic rings. The number of aliphatic imine (C=N–C) groups is 1. The van der Waals surface area contributed by atoms with Gasteiger partial charge >= 0.3 is 383 Å². The van der Waals surface area contributed by atoms with Crippen molar-refractivity contribution >= 4 is 33.5 Å². The van der Waals surface area contributed by atoms with E-state index < -0.39 is 18.7 Å². The predicted octanol–water partition coefficient (Wildman–Crippen LogP) is 10.5. The normalized spacial score (nSPS) is 23.3. The number of nitrogens with zero attached hydrogens (tertiary/aromatic N) is 3. The molecule has 3 aliphatic heterocycles. The molecule has 64 heavy (non-hydrogen) atoms. The van der Waals surface area contributed by atoms with Gasteiger partial charge in [0.05, 0.1) is 0 Å². The molecule has 318 valence electrons. The Bertz CT molecular complexity index is 3200. The Balaban J connectivity index is 1.10. The van der Waals surface area contributed by atoms with Gasteiger partial charge in [-0.25, -0.2) is 0 Å². The Hall–Kier alpha value is -6.12. The Morgan fingerprint density at radius 1 is 0.734 bits per heavy atom. The van der Waals surface area contributed by atoms with Gasteiger partial charge in [-0.1, -0.05) is 0 Å². The number of halogens is 1. The first kappa shape index (κ1) is 38.3. The molecule has 1 spiro atoms. The fourth-order valence-corrected chi connectivity index (χ4v) is 24.0. The summed E-state index contributed by atoms with van der Waals surface area (Å²) in [5, 5.41) is 2.54. The molecule has 2 fully saturated rings. The second-order valence-electron chi connectivity index (χ2n) is 19.6. The zero-order chi connectivity index (χ0) is 42.7. The van der Waals surface area contributed by atoms with Crippen LogP contribution >= 0.6 is 0 Å². The number of hydrogen-bond donors (Lipinski definition) is 1. The summed E-state index contributed by atoms with van der Waals surface area (Å²) in [6.45, 7) is 7.94. The molecule has 2 saturated carbocycles. The second-order valence-corrected chi connectivity index (χ2v) is 27.6. The van der Waals surface area contributed by atoms with Crippen molar-refractivity contribution in [1.29, 1.82) is 0 Å². The Morgan fingerprint density at radius 2 is 1.42 bits per heavy atom. The molecule has 1 N–H and O–H groups in total. The van der Waals surface area contributed by atoms with Crippen molar-refractivity contribution in [3.05, 3.63) is 196 Å². The molecule has 6 heteroatoms. The summed E-state index contributed by atoms with van der Waals surface area (Å²) in [6.07, 6.45) is 5.78. The summed E-state index contributed by atoms with van der Waals surface area (Å²) >= 11 is -3.54. The molecule has 0 radical (unpaired) electrons. The van der Waals surface area contributed by atoms with Crippen molar-refractivity contribution in [1.82, 2.24) is 8.10 Å². The summed E-state index contributed by atoms with van der Waals surface area (Å²) in [7, 11) is 0. The summed E-state index contributed by atoms with van der Waals surface area (Å²) < 4.78 is 17.4. The van der Waals surface area contributed by atoms with Gasteiger partial charge < -0.3 is 0 Å². The molecule has 0 saturated heterocycles. The van der Waals surface area contributed by atoms with Crippen LogP contribution in [0, 0.1) is 20.8 Å². The van der Waals surface area contributed by atoms with E-state index in [0.29, 0.717) is 21.8 Å². The van der Waals surface area contributed by atoms with Crippen LogP contribution in [0.3, 0.4) is 0 Å². The molecule has 13 rings (SSSR count). The van der Waals surface area contributed by atoms with Crippen molar-refractivity contribution in [3.8, 4) is 33.8 Å². The maximum atomic E-state index is 7.45. The van der Waals surface area contributed by atoms with Gasteiger partial charge in [-0.3, -0.25) is 0 Å². The first-order chi connectivity index (χ1) is 31.3. The van der Waals surface area contributed by atoms with Crippen LogP contribution in [-0.4, -0.2) is 20.5 Å². The van der Waals surface area contributed by atoms with Crippen LogP contribution in [-0.2, 0) is 17.4 Å². The van der Waals surface area contributed by atoms with Gasteiger partial charge in [0.1, 0.15) is 0 Å². The number of aromatic nitrogens is 1. The molecule has 4 atom stereocenters. The topological polar surface area (TPSA) is 41.8 Å². The second kappa shape index (κ2) is 14.4. The maximum absolute atomic E-state index is 7.45. The number of benzene rings is 7. The number of ether oxygens (including phenoxy) is 1. The van der Waals surface area contributed by atoms with Crippen LogP contribution in [0.25, 0.3) is 44.1 Å². The van der Waals surface area contributed by atoms with E-state index in [1.807, 2.05) is 0 Å². The number of anilines is 1. The number of allylic oxidation sites excluding steroid dienone is 1. The van der Waals surface area contributed by atoms with E-state index in [-0.39, 0.29) is 5.41 Å². The van der Waals surface area contributed by atoms with Gasteiger partial charge in [0, 0.05) is 0 Å². The minimum absolute atomic E-state index is 0.0335. The number of fused-ring (bicyclic) bond motifs is 4. The van der Waals surface area contributed by atoms with Crippen LogP contribution in [0.2, 0.25) is 0 Å². The fourth-order valence-electron chi connectivity index (χ4n) is 11.3. The van der Waals surface area contributed by atoms with E-state index in [1.54, 1.807) is 0 Å². The average molecular weight is 948 g/mol. The zero-order valence-corrected chi connectivity index (χ0v) is 38.8. The summed E-state index contributed by atoms with van der Waals surface area (Å²) in [6, 6.07) is 60.9. The first-order valence-electron chi connectivity index (χ1n) is 23.0. The van der Waals surface area contributed by atoms with Gasteiger partial charge in [-0.2, -0.15) is 0 Å². The molecule has 2 bridgehead atoms. The average Bonchev–Trinajstić information content (AvgIpc) is 4.26.